The molecule has 0 aliphatic carbocycles. The number of guanidine groups is 1. The van der Waals surface area contributed by atoms with E-state index >= 15 is 0 Å². The van der Waals surface area contributed by atoms with Gasteiger partial charge in [-0.15, -0.1) is 0 Å². The summed E-state index contributed by atoms with van der Waals surface area (Å²) in [6.07, 6.45) is 3.53. The molecule has 1 amide bonds. The molecule has 0 atom stereocenters. The highest BCUT2D eigenvalue weighted by Crippen LogP contribution is 2.16. The number of anilines is 1. The Labute approximate surface area is 152 Å². The van der Waals surface area contributed by atoms with Crippen LogP contribution in [0.2, 0.25) is 0 Å². The molecule has 3 rings (SSSR count). The summed E-state index contributed by atoms with van der Waals surface area (Å²) < 4.78 is 1.69. The summed E-state index contributed by atoms with van der Waals surface area (Å²) in [5.74, 6) is 0.685. The van der Waals surface area contributed by atoms with Crippen molar-refractivity contribution in [3.05, 3.63) is 47.8 Å². The Bertz CT molecular complexity index is 864. The number of hydrogen-bond acceptors (Lipinski definition) is 4. The standard InChI is InChI=1S/C18H21N7O/c1-20-18(21-10-15-5-3-4-14(8-15)9-19)24-6-7-25(17(26)13-24)16-11-22-23(2)12-16/h3-5,8,11-12H,6-7,10,13H2,1-2H3,(H,20,21). The molecule has 134 valence electrons. The Hall–Kier alpha value is -3.34. The van der Waals surface area contributed by atoms with E-state index in [-0.39, 0.29) is 12.5 Å². The number of rotatable bonds is 3. The summed E-state index contributed by atoms with van der Waals surface area (Å²) in [5.41, 5.74) is 2.43. The number of hydrogen-bond donors (Lipinski definition) is 1. The zero-order valence-electron chi connectivity index (χ0n) is 14.9. The van der Waals surface area contributed by atoms with E-state index in [1.54, 1.807) is 28.9 Å². The molecule has 26 heavy (non-hydrogen) atoms. The summed E-state index contributed by atoms with van der Waals surface area (Å²) in [6, 6.07) is 9.55. The minimum Gasteiger partial charge on any atom is -0.352 e. The van der Waals surface area contributed by atoms with Crippen LogP contribution in [0.25, 0.3) is 0 Å². The average molecular weight is 351 g/mol. The molecule has 0 unspecified atom stereocenters. The molecule has 1 saturated heterocycles. The maximum Gasteiger partial charge on any atom is 0.246 e. The van der Waals surface area contributed by atoms with Gasteiger partial charge < -0.3 is 15.1 Å². The van der Waals surface area contributed by atoms with Gasteiger partial charge in [0.05, 0.1) is 23.5 Å². The predicted octanol–water partition coefficient (Wildman–Crippen LogP) is 0.716. The summed E-state index contributed by atoms with van der Waals surface area (Å²) in [5, 5.41) is 16.4. The number of nitriles is 1. The molecule has 0 saturated carbocycles. The molecule has 0 bridgehead atoms. The number of piperazine rings is 1. The molecule has 8 heteroatoms. The van der Waals surface area contributed by atoms with Gasteiger partial charge in [-0.25, -0.2) is 0 Å². The van der Waals surface area contributed by atoms with Gasteiger partial charge in [0.2, 0.25) is 5.91 Å². The third kappa shape index (κ3) is 3.83. The molecule has 1 aromatic carbocycles. The maximum absolute atomic E-state index is 12.5. The van der Waals surface area contributed by atoms with Gasteiger partial charge in [0, 0.05) is 39.9 Å². The first-order valence-electron chi connectivity index (χ1n) is 8.34. The second-order valence-corrected chi connectivity index (χ2v) is 6.05. The van der Waals surface area contributed by atoms with Crippen molar-refractivity contribution in [3.8, 4) is 6.07 Å². The van der Waals surface area contributed by atoms with Gasteiger partial charge in [-0.3, -0.25) is 14.5 Å². The molecule has 1 N–H and O–H groups in total. The van der Waals surface area contributed by atoms with E-state index < -0.39 is 0 Å². The van der Waals surface area contributed by atoms with Gasteiger partial charge in [0.15, 0.2) is 5.96 Å². The zero-order valence-corrected chi connectivity index (χ0v) is 14.9. The van der Waals surface area contributed by atoms with E-state index in [1.807, 2.05) is 36.3 Å². The normalized spacial score (nSPS) is 15.1. The Kier molecular flexibility index (Phi) is 5.17. The number of nitrogens with one attached hydrogen (secondary N) is 1. The highest BCUT2D eigenvalue weighted by Gasteiger charge is 2.27. The second kappa shape index (κ2) is 7.70. The van der Waals surface area contributed by atoms with Gasteiger partial charge in [-0.1, -0.05) is 12.1 Å². The van der Waals surface area contributed by atoms with Gasteiger partial charge in [0.25, 0.3) is 0 Å². The van der Waals surface area contributed by atoms with Gasteiger partial charge in [-0.05, 0) is 17.7 Å². The second-order valence-electron chi connectivity index (χ2n) is 6.05. The van der Waals surface area contributed by atoms with Crippen molar-refractivity contribution in [1.82, 2.24) is 20.0 Å². The molecular formula is C18H21N7O. The van der Waals surface area contributed by atoms with E-state index in [9.17, 15) is 4.79 Å². The van der Waals surface area contributed by atoms with Crippen molar-refractivity contribution >= 4 is 17.6 Å². The highest BCUT2D eigenvalue weighted by molar-refractivity contribution is 5.98. The van der Waals surface area contributed by atoms with E-state index in [2.05, 4.69) is 21.5 Å². The molecule has 0 radical (unpaired) electrons. The fourth-order valence-electron chi connectivity index (χ4n) is 2.94. The molecule has 8 nitrogen and oxygen atoms in total. The summed E-state index contributed by atoms with van der Waals surface area (Å²) in [4.78, 5) is 20.5. The molecule has 0 spiro atoms. The van der Waals surface area contributed by atoms with Crippen LogP contribution < -0.4 is 10.2 Å². The maximum atomic E-state index is 12.5. The average Bonchev–Trinajstić information content (AvgIpc) is 3.08. The van der Waals surface area contributed by atoms with Crippen LogP contribution in [0.4, 0.5) is 5.69 Å². The van der Waals surface area contributed by atoms with Crippen LogP contribution in [0.15, 0.2) is 41.7 Å². The van der Waals surface area contributed by atoms with Crippen molar-refractivity contribution in [3.63, 3.8) is 0 Å². The fraction of sp³-hybridized carbons (Fsp3) is 0.333. The van der Waals surface area contributed by atoms with Crippen molar-refractivity contribution in [2.75, 3.05) is 31.6 Å². The van der Waals surface area contributed by atoms with Crippen LogP contribution in [0.1, 0.15) is 11.1 Å². The van der Waals surface area contributed by atoms with Crippen LogP contribution >= 0.6 is 0 Å². The Morgan fingerprint density at radius 3 is 2.92 bits per heavy atom. The number of aryl methyl sites for hydroxylation is 1. The molecule has 1 aromatic heterocycles. The van der Waals surface area contributed by atoms with E-state index in [0.717, 1.165) is 11.3 Å². The van der Waals surface area contributed by atoms with Crippen LogP contribution in [-0.2, 0) is 18.4 Å². The number of aliphatic imine (C=N–C) groups is 1. The van der Waals surface area contributed by atoms with Gasteiger partial charge in [0.1, 0.15) is 6.54 Å². The monoisotopic (exact) mass is 351 g/mol. The van der Waals surface area contributed by atoms with Gasteiger partial charge >= 0.3 is 0 Å². The molecule has 2 heterocycles. The van der Waals surface area contributed by atoms with Crippen LogP contribution in [-0.4, -0.2) is 53.2 Å². The quantitative estimate of drug-likeness (QED) is 0.650. The lowest BCUT2D eigenvalue weighted by Crippen LogP contribution is -2.55. The Morgan fingerprint density at radius 2 is 2.27 bits per heavy atom. The Balaban J connectivity index is 1.61. The van der Waals surface area contributed by atoms with Crippen molar-refractivity contribution in [1.29, 1.82) is 5.26 Å². The fourth-order valence-corrected chi connectivity index (χ4v) is 2.94. The zero-order chi connectivity index (χ0) is 18.5. The smallest absolute Gasteiger partial charge is 0.246 e. The largest absolute Gasteiger partial charge is 0.352 e. The third-order valence-corrected chi connectivity index (χ3v) is 4.24. The molecule has 1 aliphatic heterocycles. The lowest BCUT2D eigenvalue weighted by Gasteiger charge is -2.35. The number of carbonyl (C=O) groups is 1. The third-order valence-electron chi connectivity index (χ3n) is 4.24. The van der Waals surface area contributed by atoms with Crippen molar-refractivity contribution in [2.45, 2.75) is 6.54 Å². The topological polar surface area (TPSA) is 89.6 Å². The van der Waals surface area contributed by atoms with Crippen LogP contribution in [0, 0.1) is 11.3 Å². The van der Waals surface area contributed by atoms with E-state index in [0.29, 0.717) is 31.2 Å². The van der Waals surface area contributed by atoms with E-state index in [4.69, 9.17) is 5.26 Å². The summed E-state index contributed by atoms with van der Waals surface area (Å²) in [6.45, 7) is 2.06. The first-order chi connectivity index (χ1) is 12.6. The highest BCUT2D eigenvalue weighted by atomic mass is 16.2. The number of nitrogens with zero attached hydrogens (tertiary/aromatic N) is 6. The van der Waals surface area contributed by atoms with E-state index in [1.165, 1.54) is 0 Å². The minimum absolute atomic E-state index is 0.0127. The molecule has 1 fully saturated rings. The SMILES string of the molecule is CN=C(NCc1cccc(C#N)c1)N1CCN(c2cnn(C)c2)C(=O)C1. The number of carbonyl (C=O) groups excluding carboxylic acids is 1. The van der Waals surface area contributed by atoms with Crippen LogP contribution in [0.5, 0.6) is 0 Å². The predicted molar refractivity (Wildman–Crippen MR) is 98.5 cm³/mol. The first-order valence-corrected chi connectivity index (χ1v) is 8.34. The Morgan fingerprint density at radius 1 is 1.42 bits per heavy atom. The minimum atomic E-state index is 0.0127. The number of amides is 1. The van der Waals surface area contributed by atoms with Crippen molar-refractivity contribution < 1.29 is 4.79 Å². The first kappa shape index (κ1) is 17.5. The van der Waals surface area contributed by atoms with Crippen molar-refractivity contribution in [2.24, 2.45) is 12.0 Å². The van der Waals surface area contributed by atoms with Gasteiger partial charge in [-0.2, -0.15) is 10.4 Å². The molecule has 2 aromatic rings. The molecular weight excluding hydrogens is 330 g/mol. The lowest BCUT2D eigenvalue weighted by atomic mass is 10.1. The number of benzene rings is 1. The lowest BCUT2D eigenvalue weighted by molar-refractivity contribution is -0.120. The molecule has 1 aliphatic rings. The number of aromatic nitrogens is 2. The summed E-state index contributed by atoms with van der Waals surface area (Å²) in [7, 11) is 3.53. The van der Waals surface area contributed by atoms with Crippen LogP contribution in [0.3, 0.4) is 0 Å². The summed E-state index contributed by atoms with van der Waals surface area (Å²) >= 11 is 0.